The normalized spacial score (nSPS) is 19.6. The highest BCUT2D eigenvalue weighted by atomic mass is 79.9. The summed E-state index contributed by atoms with van der Waals surface area (Å²) in [4.78, 5) is 20.2. The van der Waals surface area contributed by atoms with Crippen molar-refractivity contribution >= 4 is 44.5 Å². The van der Waals surface area contributed by atoms with Gasteiger partial charge < -0.3 is 10.1 Å². The van der Waals surface area contributed by atoms with Crippen LogP contribution in [0.15, 0.2) is 21.3 Å². The zero-order valence-corrected chi connectivity index (χ0v) is 11.7. The fourth-order valence-electron chi connectivity index (χ4n) is 1.54. The molecule has 0 spiro atoms. The number of hydrogen-bond acceptors (Lipinski definition) is 6. The van der Waals surface area contributed by atoms with E-state index in [-0.39, 0.29) is 5.97 Å². The van der Waals surface area contributed by atoms with Crippen molar-refractivity contribution < 1.29 is 9.53 Å². The van der Waals surface area contributed by atoms with Gasteiger partial charge in [-0.1, -0.05) is 15.9 Å². The number of carbonyl (C=O) groups is 1. The minimum Gasteiger partial charge on any atom is -0.466 e. The Labute approximate surface area is 112 Å². The molecule has 17 heavy (non-hydrogen) atoms. The molecule has 5 nitrogen and oxygen atoms in total. The van der Waals surface area contributed by atoms with Gasteiger partial charge in [0.2, 0.25) is 0 Å². The van der Waals surface area contributed by atoms with Gasteiger partial charge in [0, 0.05) is 23.3 Å². The Balaban J connectivity index is 2.16. The van der Waals surface area contributed by atoms with Crippen molar-refractivity contribution in [2.75, 3.05) is 31.3 Å². The van der Waals surface area contributed by atoms with Gasteiger partial charge in [-0.3, -0.25) is 9.98 Å². The van der Waals surface area contributed by atoms with Gasteiger partial charge in [0.05, 0.1) is 19.2 Å². The number of methoxy groups -OCH3 is 1. The van der Waals surface area contributed by atoms with Crippen molar-refractivity contribution in [3.63, 3.8) is 0 Å². The molecule has 0 aliphatic carbocycles. The molecule has 2 heterocycles. The molecular formula is C10H12BrN3O2S. The third kappa shape index (κ3) is 2.71. The number of alkyl halides is 1. The van der Waals surface area contributed by atoms with Crippen LogP contribution in [-0.4, -0.2) is 48.1 Å². The number of thioether (sulfide) groups is 1. The molecule has 0 fully saturated rings. The van der Waals surface area contributed by atoms with E-state index in [1.54, 1.807) is 11.8 Å². The number of allylic oxidation sites excluding steroid dienone is 1. The third-order valence-corrected chi connectivity index (χ3v) is 3.93. The SMILES string of the molecule is COC(=O)C1=C(CBr)NC(C2=NCCS2)=NC1. The maximum atomic E-state index is 11.5. The van der Waals surface area contributed by atoms with Crippen LogP contribution in [0.5, 0.6) is 0 Å². The van der Waals surface area contributed by atoms with Crippen molar-refractivity contribution in [2.45, 2.75) is 0 Å². The molecule has 0 saturated carbocycles. The number of aliphatic imine (C=N–C) groups is 2. The number of rotatable bonds is 3. The molecule has 0 bridgehead atoms. The molecule has 0 saturated heterocycles. The zero-order chi connectivity index (χ0) is 12.3. The number of carbonyl (C=O) groups excluding carboxylic acids is 1. The Morgan fingerprint density at radius 3 is 3.00 bits per heavy atom. The van der Waals surface area contributed by atoms with Crippen LogP contribution >= 0.6 is 27.7 Å². The molecule has 0 amide bonds. The highest BCUT2D eigenvalue weighted by Crippen LogP contribution is 2.17. The second kappa shape index (κ2) is 5.68. The smallest absolute Gasteiger partial charge is 0.337 e. The molecule has 2 aliphatic heterocycles. The van der Waals surface area contributed by atoms with Crippen molar-refractivity contribution in [1.82, 2.24) is 5.32 Å². The number of amidine groups is 1. The maximum Gasteiger partial charge on any atom is 0.337 e. The second-order valence-corrected chi connectivity index (χ2v) is 5.05. The third-order valence-electron chi connectivity index (χ3n) is 2.38. The van der Waals surface area contributed by atoms with Crippen LogP contribution in [0.1, 0.15) is 0 Å². The lowest BCUT2D eigenvalue weighted by Crippen LogP contribution is -2.35. The van der Waals surface area contributed by atoms with Crippen LogP contribution in [0.2, 0.25) is 0 Å². The van der Waals surface area contributed by atoms with Crippen molar-refractivity contribution in [3.05, 3.63) is 11.3 Å². The monoisotopic (exact) mass is 317 g/mol. The Hall–Kier alpha value is -0.820. The summed E-state index contributed by atoms with van der Waals surface area (Å²) in [6.07, 6.45) is 0. The number of esters is 1. The molecular weight excluding hydrogens is 306 g/mol. The predicted molar refractivity (Wildman–Crippen MR) is 73.0 cm³/mol. The van der Waals surface area contributed by atoms with Crippen LogP contribution in [-0.2, 0) is 9.53 Å². The fraction of sp³-hybridized carbons (Fsp3) is 0.500. The first-order valence-corrected chi connectivity index (χ1v) is 7.22. The summed E-state index contributed by atoms with van der Waals surface area (Å²) in [6, 6.07) is 0. The lowest BCUT2D eigenvalue weighted by molar-refractivity contribution is -0.136. The van der Waals surface area contributed by atoms with Gasteiger partial charge >= 0.3 is 5.97 Å². The topological polar surface area (TPSA) is 63.0 Å². The van der Waals surface area contributed by atoms with Gasteiger partial charge in [-0.15, -0.1) is 11.8 Å². The van der Waals surface area contributed by atoms with Gasteiger partial charge in [-0.05, 0) is 0 Å². The van der Waals surface area contributed by atoms with E-state index in [4.69, 9.17) is 4.74 Å². The Morgan fingerprint density at radius 2 is 2.41 bits per heavy atom. The Kier molecular flexibility index (Phi) is 4.22. The average Bonchev–Trinajstić information content (AvgIpc) is 2.91. The van der Waals surface area contributed by atoms with E-state index in [9.17, 15) is 4.79 Å². The highest BCUT2D eigenvalue weighted by molar-refractivity contribution is 9.09. The fourth-order valence-corrected chi connectivity index (χ4v) is 2.83. The zero-order valence-electron chi connectivity index (χ0n) is 9.33. The van der Waals surface area contributed by atoms with Crippen molar-refractivity contribution in [2.24, 2.45) is 9.98 Å². The van der Waals surface area contributed by atoms with Crippen molar-refractivity contribution in [1.29, 1.82) is 0 Å². The van der Waals surface area contributed by atoms with Crippen molar-refractivity contribution in [3.8, 4) is 0 Å². The number of halogens is 1. The van der Waals surface area contributed by atoms with Crippen LogP contribution in [0, 0.1) is 0 Å². The molecule has 7 heteroatoms. The molecule has 0 atom stereocenters. The summed E-state index contributed by atoms with van der Waals surface area (Å²) >= 11 is 5.03. The van der Waals surface area contributed by atoms with Gasteiger partial charge in [0.25, 0.3) is 0 Å². The van der Waals surface area contributed by atoms with Gasteiger partial charge in [0.1, 0.15) is 5.04 Å². The quantitative estimate of drug-likeness (QED) is 0.622. The van der Waals surface area contributed by atoms with E-state index in [2.05, 4.69) is 31.2 Å². The highest BCUT2D eigenvalue weighted by Gasteiger charge is 2.24. The number of nitrogens with one attached hydrogen (secondary N) is 1. The molecule has 2 aliphatic rings. The van der Waals surface area contributed by atoms with E-state index in [0.29, 0.717) is 17.4 Å². The van der Waals surface area contributed by atoms with E-state index in [0.717, 1.165) is 28.9 Å². The van der Waals surface area contributed by atoms with Crippen LogP contribution in [0.3, 0.4) is 0 Å². The van der Waals surface area contributed by atoms with Crippen LogP contribution in [0.4, 0.5) is 0 Å². The lowest BCUT2D eigenvalue weighted by atomic mass is 10.2. The molecule has 0 aromatic rings. The van der Waals surface area contributed by atoms with Gasteiger partial charge in [0.15, 0.2) is 5.84 Å². The lowest BCUT2D eigenvalue weighted by Gasteiger charge is -2.19. The maximum absolute atomic E-state index is 11.5. The van der Waals surface area contributed by atoms with Gasteiger partial charge in [-0.25, -0.2) is 4.79 Å². The van der Waals surface area contributed by atoms with E-state index < -0.39 is 0 Å². The number of hydrogen-bond donors (Lipinski definition) is 1. The van der Waals surface area contributed by atoms with Crippen LogP contribution in [0.25, 0.3) is 0 Å². The minimum atomic E-state index is -0.337. The Morgan fingerprint density at radius 1 is 1.59 bits per heavy atom. The molecule has 92 valence electrons. The summed E-state index contributed by atoms with van der Waals surface area (Å²) in [5.41, 5.74) is 1.37. The number of nitrogens with zero attached hydrogens (tertiary/aromatic N) is 2. The number of ether oxygens (including phenoxy) is 1. The molecule has 0 aromatic heterocycles. The van der Waals surface area contributed by atoms with E-state index in [1.807, 2.05) is 0 Å². The van der Waals surface area contributed by atoms with E-state index >= 15 is 0 Å². The molecule has 0 aromatic carbocycles. The molecule has 0 radical (unpaired) electrons. The minimum absolute atomic E-state index is 0.337. The predicted octanol–water partition coefficient (Wildman–Crippen LogP) is 0.955. The molecule has 0 unspecified atom stereocenters. The summed E-state index contributed by atoms with van der Waals surface area (Å²) in [7, 11) is 1.37. The second-order valence-electron chi connectivity index (χ2n) is 3.41. The molecule has 2 rings (SSSR count). The summed E-state index contributed by atoms with van der Waals surface area (Å²) in [6.45, 7) is 1.17. The summed E-state index contributed by atoms with van der Waals surface area (Å²) < 4.78 is 4.72. The first-order chi connectivity index (χ1) is 8.26. The summed E-state index contributed by atoms with van der Waals surface area (Å²) in [5.74, 6) is 1.41. The van der Waals surface area contributed by atoms with E-state index in [1.165, 1.54) is 7.11 Å². The molecule has 1 N–H and O–H groups in total. The Bertz CT molecular complexity index is 431. The first-order valence-electron chi connectivity index (χ1n) is 5.11. The van der Waals surface area contributed by atoms with Crippen LogP contribution < -0.4 is 5.32 Å². The van der Waals surface area contributed by atoms with Gasteiger partial charge in [-0.2, -0.15) is 0 Å². The largest absolute Gasteiger partial charge is 0.466 e. The first kappa shape index (κ1) is 12.6. The summed E-state index contributed by atoms with van der Waals surface area (Å²) in [5, 5.41) is 4.63. The standard InChI is InChI=1S/C10H12BrN3O2S/c1-16-10(15)6-5-13-8(14-7(6)4-11)9-12-2-3-17-9/h2-5H2,1H3,(H,13,14). The average molecular weight is 318 g/mol.